The molecule has 16 heavy (non-hydrogen) atoms. The summed E-state index contributed by atoms with van der Waals surface area (Å²) >= 11 is 0. The van der Waals surface area contributed by atoms with Gasteiger partial charge < -0.3 is 10.0 Å². The van der Waals surface area contributed by atoms with Crippen LogP contribution in [0, 0.1) is 6.92 Å². The Balaban J connectivity index is 2.46. The summed E-state index contributed by atoms with van der Waals surface area (Å²) in [5.74, 6) is -1.01. The summed E-state index contributed by atoms with van der Waals surface area (Å²) in [5, 5.41) is 15.1. The van der Waals surface area contributed by atoms with Gasteiger partial charge in [0.05, 0.1) is 19.0 Å². The highest BCUT2D eigenvalue weighted by Crippen LogP contribution is 2.05. The van der Waals surface area contributed by atoms with E-state index in [1.165, 1.54) is 4.90 Å². The lowest BCUT2D eigenvalue weighted by Gasteiger charge is -2.15. The molecule has 0 fully saturated rings. The van der Waals surface area contributed by atoms with Crippen LogP contribution in [0.3, 0.4) is 0 Å². The highest BCUT2D eigenvalue weighted by Gasteiger charge is 2.12. The van der Waals surface area contributed by atoms with E-state index < -0.39 is 5.97 Å². The number of likely N-dealkylation sites (N-methyl/N-ethyl adjacent to an activating group) is 1. The van der Waals surface area contributed by atoms with Crippen LogP contribution in [0.1, 0.15) is 17.7 Å². The van der Waals surface area contributed by atoms with Gasteiger partial charge >= 0.3 is 5.97 Å². The van der Waals surface area contributed by atoms with Gasteiger partial charge in [-0.25, -0.2) is 0 Å². The van der Waals surface area contributed by atoms with Crippen LogP contribution >= 0.6 is 0 Å². The van der Waals surface area contributed by atoms with E-state index in [0.29, 0.717) is 0 Å². The predicted molar refractivity (Wildman–Crippen MR) is 56.9 cm³/mol. The number of rotatable bonds is 5. The zero-order valence-corrected chi connectivity index (χ0v) is 9.36. The van der Waals surface area contributed by atoms with Crippen LogP contribution in [0.15, 0.2) is 6.20 Å². The summed E-state index contributed by atoms with van der Waals surface area (Å²) in [5.41, 5.74) is 1.70. The number of nitrogens with one attached hydrogen (secondary N) is 1. The second kappa shape index (κ2) is 5.29. The monoisotopic (exact) mass is 225 g/mol. The molecule has 0 saturated heterocycles. The molecule has 0 aliphatic carbocycles. The van der Waals surface area contributed by atoms with Gasteiger partial charge in [-0.2, -0.15) is 5.10 Å². The first-order valence-corrected chi connectivity index (χ1v) is 4.95. The van der Waals surface area contributed by atoms with Crippen LogP contribution in [0.4, 0.5) is 0 Å². The summed E-state index contributed by atoms with van der Waals surface area (Å²) in [4.78, 5) is 23.4. The molecule has 1 heterocycles. The number of carboxylic acids is 1. The molecule has 0 aliphatic heterocycles. The van der Waals surface area contributed by atoms with Gasteiger partial charge in [-0.05, 0) is 6.92 Å². The number of aromatic nitrogens is 2. The molecule has 6 heteroatoms. The first-order valence-electron chi connectivity index (χ1n) is 4.95. The summed E-state index contributed by atoms with van der Waals surface area (Å²) in [6, 6.07) is 0. The summed E-state index contributed by atoms with van der Waals surface area (Å²) in [7, 11) is 1.60. The highest BCUT2D eigenvalue weighted by molar-refractivity contribution is 5.79. The van der Waals surface area contributed by atoms with Gasteiger partial charge in [0.25, 0.3) is 0 Å². The van der Waals surface area contributed by atoms with Crippen molar-refractivity contribution < 1.29 is 14.7 Å². The third-order valence-corrected chi connectivity index (χ3v) is 2.36. The maximum atomic E-state index is 11.7. The molecule has 88 valence electrons. The normalized spacial score (nSPS) is 10.1. The standard InChI is InChI=1S/C10H15N3O3/c1-7-8(6-11-12-7)5-9(14)13(2)4-3-10(15)16/h6H,3-5H2,1-2H3,(H,11,12)(H,15,16). The number of H-pyrrole nitrogens is 1. The molecular weight excluding hydrogens is 210 g/mol. The van der Waals surface area contributed by atoms with Gasteiger partial charge in [-0.1, -0.05) is 0 Å². The first-order chi connectivity index (χ1) is 7.50. The zero-order chi connectivity index (χ0) is 12.1. The molecule has 2 N–H and O–H groups in total. The highest BCUT2D eigenvalue weighted by atomic mass is 16.4. The number of aromatic amines is 1. The number of carbonyl (C=O) groups excluding carboxylic acids is 1. The number of aliphatic carboxylic acids is 1. The number of hydrogen-bond acceptors (Lipinski definition) is 3. The first kappa shape index (κ1) is 12.2. The lowest BCUT2D eigenvalue weighted by molar-refractivity contribution is -0.138. The number of hydrogen-bond donors (Lipinski definition) is 2. The third kappa shape index (κ3) is 3.38. The van der Waals surface area contributed by atoms with Crippen LogP contribution in [-0.2, 0) is 16.0 Å². The Bertz CT molecular complexity index is 386. The smallest absolute Gasteiger partial charge is 0.305 e. The van der Waals surface area contributed by atoms with Crippen LogP contribution in [0.5, 0.6) is 0 Å². The number of carboxylic acid groups (broad SMARTS) is 1. The van der Waals surface area contributed by atoms with E-state index in [0.717, 1.165) is 11.3 Å². The molecule has 0 aromatic carbocycles. The molecule has 0 spiro atoms. The van der Waals surface area contributed by atoms with E-state index >= 15 is 0 Å². The largest absolute Gasteiger partial charge is 0.481 e. The maximum absolute atomic E-state index is 11.7. The molecule has 0 radical (unpaired) electrons. The molecule has 0 aliphatic rings. The Labute approximate surface area is 93.3 Å². The molecule has 0 bridgehead atoms. The van der Waals surface area contributed by atoms with E-state index in [-0.39, 0.29) is 25.3 Å². The van der Waals surface area contributed by atoms with Crippen LogP contribution in [0.2, 0.25) is 0 Å². The topological polar surface area (TPSA) is 86.3 Å². The Morgan fingerprint density at radius 1 is 1.56 bits per heavy atom. The summed E-state index contributed by atoms with van der Waals surface area (Å²) in [6.45, 7) is 2.07. The minimum Gasteiger partial charge on any atom is -0.481 e. The molecule has 6 nitrogen and oxygen atoms in total. The fourth-order valence-electron chi connectivity index (χ4n) is 1.24. The maximum Gasteiger partial charge on any atom is 0.305 e. The lowest BCUT2D eigenvalue weighted by atomic mass is 10.2. The SMILES string of the molecule is Cc1[nH]ncc1CC(=O)N(C)CCC(=O)O. The third-order valence-electron chi connectivity index (χ3n) is 2.36. The minimum atomic E-state index is -0.904. The van der Waals surface area contributed by atoms with Crippen LogP contribution in [-0.4, -0.2) is 45.7 Å². The number of aryl methyl sites for hydroxylation is 1. The van der Waals surface area contributed by atoms with Gasteiger partial charge in [0, 0.05) is 24.8 Å². The predicted octanol–water partition coefficient (Wildman–Crippen LogP) is 0.194. The zero-order valence-electron chi connectivity index (χ0n) is 9.36. The van der Waals surface area contributed by atoms with Gasteiger partial charge in [0.15, 0.2) is 0 Å². The van der Waals surface area contributed by atoms with E-state index in [1.54, 1.807) is 13.2 Å². The van der Waals surface area contributed by atoms with Gasteiger partial charge in [-0.15, -0.1) is 0 Å². The summed E-state index contributed by atoms with van der Waals surface area (Å²) in [6.07, 6.45) is 1.82. The van der Waals surface area contributed by atoms with Crippen molar-refractivity contribution >= 4 is 11.9 Å². The molecule has 1 amide bonds. The van der Waals surface area contributed by atoms with Gasteiger partial charge in [-0.3, -0.25) is 14.7 Å². The van der Waals surface area contributed by atoms with Crippen molar-refractivity contribution in [2.45, 2.75) is 19.8 Å². The number of nitrogens with zero attached hydrogens (tertiary/aromatic N) is 2. The number of carbonyl (C=O) groups is 2. The fourth-order valence-corrected chi connectivity index (χ4v) is 1.24. The minimum absolute atomic E-state index is 0.0351. The van der Waals surface area contributed by atoms with E-state index in [2.05, 4.69) is 10.2 Å². The summed E-state index contributed by atoms with van der Waals surface area (Å²) < 4.78 is 0. The molecule has 1 aromatic heterocycles. The molecule has 0 saturated carbocycles. The van der Waals surface area contributed by atoms with E-state index in [4.69, 9.17) is 5.11 Å². The molecular formula is C10H15N3O3. The van der Waals surface area contributed by atoms with Gasteiger partial charge in [0.1, 0.15) is 0 Å². The number of amides is 1. The van der Waals surface area contributed by atoms with Gasteiger partial charge in [0.2, 0.25) is 5.91 Å². The van der Waals surface area contributed by atoms with Crippen molar-refractivity contribution in [2.75, 3.05) is 13.6 Å². The quantitative estimate of drug-likeness (QED) is 0.749. The molecule has 1 rings (SSSR count). The van der Waals surface area contributed by atoms with Crippen molar-refractivity contribution in [3.63, 3.8) is 0 Å². The Morgan fingerprint density at radius 2 is 2.25 bits per heavy atom. The Kier molecular flexibility index (Phi) is 4.04. The Morgan fingerprint density at radius 3 is 2.75 bits per heavy atom. The second-order valence-corrected chi connectivity index (χ2v) is 3.66. The van der Waals surface area contributed by atoms with E-state index in [1.807, 2.05) is 6.92 Å². The average molecular weight is 225 g/mol. The molecule has 1 aromatic rings. The van der Waals surface area contributed by atoms with Crippen LogP contribution < -0.4 is 0 Å². The Hall–Kier alpha value is -1.85. The molecule has 0 unspecified atom stereocenters. The van der Waals surface area contributed by atoms with E-state index in [9.17, 15) is 9.59 Å². The van der Waals surface area contributed by atoms with Crippen molar-refractivity contribution in [2.24, 2.45) is 0 Å². The second-order valence-electron chi connectivity index (χ2n) is 3.66. The van der Waals surface area contributed by atoms with Crippen molar-refractivity contribution in [1.82, 2.24) is 15.1 Å². The van der Waals surface area contributed by atoms with Crippen LogP contribution in [0.25, 0.3) is 0 Å². The van der Waals surface area contributed by atoms with Crippen molar-refractivity contribution in [1.29, 1.82) is 0 Å². The van der Waals surface area contributed by atoms with Crippen molar-refractivity contribution in [3.8, 4) is 0 Å². The lowest BCUT2D eigenvalue weighted by Crippen LogP contribution is -2.30. The van der Waals surface area contributed by atoms with Crippen molar-refractivity contribution in [3.05, 3.63) is 17.5 Å². The molecule has 0 atom stereocenters. The average Bonchev–Trinajstić information content (AvgIpc) is 2.60. The fraction of sp³-hybridized carbons (Fsp3) is 0.500.